The van der Waals surface area contributed by atoms with Gasteiger partial charge in [-0.15, -0.1) is 0 Å². The van der Waals surface area contributed by atoms with E-state index in [1.54, 1.807) is 0 Å². The Labute approximate surface area is 111 Å². The fourth-order valence-electron chi connectivity index (χ4n) is 1.76. The molecule has 0 saturated heterocycles. The lowest BCUT2D eigenvalue weighted by Crippen LogP contribution is -1.85. The van der Waals surface area contributed by atoms with Gasteiger partial charge in [0.1, 0.15) is 0 Å². The van der Waals surface area contributed by atoms with Gasteiger partial charge in [0, 0.05) is 0 Å². The highest BCUT2D eigenvalue weighted by Gasteiger charge is 2.00. The predicted molar refractivity (Wildman–Crippen MR) is 75.9 cm³/mol. The molecule has 0 saturated carbocycles. The van der Waals surface area contributed by atoms with E-state index in [1.165, 1.54) is 6.08 Å². The highest BCUT2D eigenvalue weighted by Crippen LogP contribution is 2.20. The van der Waals surface area contributed by atoms with Gasteiger partial charge in [-0.3, -0.25) is 0 Å². The molecule has 0 spiro atoms. The Morgan fingerprint density at radius 3 is 2.00 bits per heavy atom. The van der Waals surface area contributed by atoms with E-state index < -0.39 is 6.43 Å². The van der Waals surface area contributed by atoms with Gasteiger partial charge in [0.25, 0.3) is 6.43 Å². The Bertz CT molecular complexity index is 554. The van der Waals surface area contributed by atoms with Gasteiger partial charge < -0.3 is 0 Å². The van der Waals surface area contributed by atoms with Crippen LogP contribution in [-0.4, -0.2) is 6.43 Å². The minimum atomic E-state index is -2.44. The molecule has 0 amide bonds. The van der Waals surface area contributed by atoms with E-state index in [2.05, 4.69) is 0 Å². The number of benzene rings is 2. The van der Waals surface area contributed by atoms with Crippen LogP contribution in [0.5, 0.6) is 0 Å². The van der Waals surface area contributed by atoms with Crippen LogP contribution < -0.4 is 0 Å². The molecule has 0 radical (unpaired) electrons. The Morgan fingerprint density at radius 1 is 0.842 bits per heavy atom. The van der Waals surface area contributed by atoms with Crippen LogP contribution in [0.25, 0.3) is 11.6 Å². The molecule has 0 N–H and O–H groups in total. The zero-order chi connectivity index (χ0) is 13.5. The van der Waals surface area contributed by atoms with Crippen molar-refractivity contribution >= 4 is 11.6 Å². The topological polar surface area (TPSA) is 0 Å². The molecule has 19 heavy (non-hydrogen) atoms. The molecule has 0 aliphatic carbocycles. The first kappa shape index (κ1) is 13.2. The van der Waals surface area contributed by atoms with Gasteiger partial charge in [-0.1, -0.05) is 66.7 Å². The first-order valence-electron chi connectivity index (χ1n) is 6.04. The minimum absolute atomic E-state index is 0.770. The number of hydrogen-bond donors (Lipinski definition) is 0. The third-order valence-corrected chi connectivity index (χ3v) is 2.65. The Morgan fingerprint density at radius 2 is 1.42 bits per heavy atom. The van der Waals surface area contributed by atoms with Crippen molar-refractivity contribution in [3.05, 3.63) is 83.9 Å². The zero-order valence-electron chi connectivity index (χ0n) is 10.3. The Hall–Kier alpha value is -2.22. The van der Waals surface area contributed by atoms with Gasteiger partial charge in [-0.2, -0.15) is 0 Å². The molecule has 0 aliphatic heterocycles. The van der Waals surface area contributed by atoms with Crippen LogP contribution in [0.1, 0.15) is 11.1 Å². The van der Waals surface area contributed by atoms with Crippen molar-refractivity contribution in [2.45, 2.75) is 6.43 Å². The van der Waals surface area contributed by atoms with E-state index >= 15 is 0 Å². The van der Waals surface area contributed by atoms with Gasteiger partial charge in [-0.05, 0) is 28.9 Å². The largest absolute Gasteiger partial charge is 0.257 e. The summed E-state index contributed by atoms with van der Waals surface area (Å²) in [5, 5.41) is 0. The molecule has 0 aliphatic rings. The van der Waals surface area contributed by atoms with E-state index in [0.717, 1.165) is 22.8 Å². The van der Waals surface area contributed by atoms with Crippen molar-refractivity contribution < 1.29 is 8.78 Å². The molecule has 2 aromatic carbocycles. The molecule has 2 heteroatoms. The van der Waals surface area contributed by atoms with E-state index in [-0.39, 0.29) is 0 Å². The first-order chi connectivity index (χ1) is 9.25. The fraction of sp³-hybridized carbons (Fsp3) is 0.0588. The SMILES string of the molecule is FC(F)/C=C/C(=C/c1ccccc1)c1ccccc1. The van der Waals surface area contributed by atoms with Crippen molar-refractivity contribution in [2.24, 2.45) is 0 Å². The second kappa shape index (κ2) is 6.64. The highest BCUT2D eigenvalue weighted by atomic mass is 19.3. The monoisotopic (exact) mass is 256 g/mol. The molecule has 0 bridgehead atoms. The van der Waals surface area contributed by atoms with Gasteiger partial charge in [0.05, 0.1) is 0 Å². The summed E-state index contributed by atoms with van der Waals surface area (Å²) >= 11 is 0. The van der Waals surface area contributed by atoms with Crippen molar-refractivity contribution in [1.29, 1.82) is 0 Å². The Kier molecular flexibility index (Phi) is 4.62. The van der Waals surface area contributed by atoms with Crippen molar-refractivity contribution in [2.75, 3.05) is 0 Å². The fourth-order valence-corrected chi connectivity index (χ4v) is 1.76. The maximum atomic E-state index is 12.3. The number of alkyl halides is 2. The maximum absolute atomic E-state index is 12.3. The second-order valence-electron chi connectivity index (χ2n) is 4.07. The van der Waals surface area contributed by atoms with Crippen molar-refractivity contribution in [3.63, 3.8) is 0 Å². The lowest BCUT2D eigenvalue weighted by Gasteiger charge is -2.03. The smallest absolute Gasteiger partial charge is 0.206 e. The quantitative estimate of drug-likeness (QED) is 0.530. The maximum Gasteiger partial charge on any atom is 0.257 e. The molecular weight excluding hydrogens is 242 g/mol. The summed E-state index contributed by atoms with van der Waals surface area (Å²) in [6.45, 7) is 0. The summed E-state index contributed by atoms with van der Waals surface area (Å²) < 4.78 is 24.7. The van der Waals surface area contributed by atoms with E-state index in [4.69, 9.17) is 0 Å². The summed E-state index contributed by atoms with van der Waals surface area (Å²) in [6.07, 6.45) is 1.83. The molecule has 0 fully saturated rings. The van der Waals surface area contributed by atoms with Gasteiger partial charge in [0.15, 0.2) is 0 Å². The van der Waals surface area contributed by atoms with Crippen LogP contribution in [0.4, 0.5) is 8.78 Å². The summed E-state index contributed by atoms with van der Waals surface area (Å²) in [5.74, 6) is 0. The highest BCUT2D eigenvalue weighted by molar-refractivity contribution is 5.87. The van der Waals surface area contributed by atoms with E-state index in [9.17, 15) is 8.78 Å². The Balaban J connectivity index is 2.38. The lowest BCUT2D eigenvalue weighted by molar-refractivity contribution is 0.204. The molecular formula is C17H14F2. The first-order valence-corrected chi connectivity index (χ1v) is 6.04. The molecule has 2 rings (SSSR count). The molecule has 0 nitrogen and oxygen atoms in total. The van der Waals surface area contributed by atoms with Crippen LogP contribution >= 0.6 is 0 Å². The normalized spacial score (nSPS) is 12.3. The number of allylic oxidation sites excluding steroid dienone is 3. The molecule has 0 aromatic heterocycles. The van der Waals surface area contributed by atoms with Crippen LogP contribution in [0.3, 0.4) is 0 Å². The summed E-state index contributed by atoms with van der Waals surface area (Å²) in [6, 6.07) is 19.2. The number of halogens is 2. The molecule has 2 aromatic rings. The molecule has 96 valence electrons. The van der Waals surface area contributed by atoms with Crippen LogP contribution in [0.2, 0.25) is 0 Å². The van der Waals surface area contributed by atoms with Gasteiger partial charge in [0.2, 0.25) is 0 Å². The molecule has 0 unspecified atom stereocenters. The zero-order valence-corrected chi connectivity index (χ0v) is 10.3. The van der Waals surface area contributed by atoms with Gasteiger partial charge >= 0.3 is 0 Å². The lowest BCUT2D eigenvalue weighted by atomic mass is 10.0. The number of hydrogen-bond acceptors (Lipinski definition) is 0. The predicted octanol–water partition coefficient (Wildman–Crippen LogP) is 5.05. The third kappa shape index (κ3) is 4.18. The van der Waals surface area contributed by atoms with Crippen molar-refractivity contribution in [3.8, 4) is 0 Å². The molecule has 0 atom stereocenters. The van der Waals surface area contributed by atoms with Gasteiger partial charge in [-0.25, -0.2) is 8.78 Å². The summed E-state index contributed by atoms with van der Waals surface area (Å²) in [7, 11) is 0. The van der Waals surface area contributed by atoms with Crippen LogP contribution in [-0.2, 0) is 0 Å². The van der Waals surface area contributed by atoms with Crippen LogP contribution in [0, 0.1) is 0 Å². The average molecular weight is 256 g/mol. The summed E-state index contributed by atoms with van der Waals surface area (Å²) in [5.41, 5.74) is 2.68. The van der Waals surface area contributed by atoms with E-state index in [1.807, 2.05) is 66.7 Å². The third-order valence-electron chi connectivity index (χ3n) is 2.65. The van der Waals surface area contributed by atoms with Crippen LogP contribution in [0.15, 0.2) is 72.8 Å². The summed E-state index contributed by atoms with van der Waals surface area (Å²) in [4.78, 5) is 0. The van der Waals surface area contributed by atoms with Crippen molar-refractivity contribution in [1.82, 2.24) is 0 Å². The minimum Gasteiger partial charge on any atom is -0.206 e. The second-order valence-corrected chi connectivity index (χ2v) is 4.07. The standard InChI is InChI=1S/C17H14F2/c18-17(19)12-11-16(15-9-5-2-6-10-15)13-14-7-3-1-4-8-14/h1-13,17H/b12-11+,16-13-. The van der Waals surface area contributed by atoms with E-state index in [0.29, 0.717) is 0 Å². The molecule has 0 heterocycles. The number of rotatable bonds is 4. The average Bonchev–Trinajstić information content (AvgIpc) is 2.45.